The van der Waals surface area contributed by atoms with Gasteiger partial charge >= 0.3 is 6.92 Å². The van der Waals surface area contributed by atoms with Crippen LogP contribution in [-0.4, -0.2) is 17.5 Å². The summed E-state index contributed by atoms with van der Waals surface area (Å²) in [5.74, 6) is 0. The summed E-state index contributed by atoms with van der Waals surface area (Å²) >= 11 is 0. The number of hydrogen-bond donors (Lipinski definition) is 0. The maximum atomic E-state index is 6.11. The Kier molecular flexibility index (Phi) is 2.38. The smallest absolute Gasteiger partial charge is 0.329 e. The van der Waals surface area contributed by atoms with Gasteiger partial charge in [0.2, 0.25) is 0 Å². The van der Waals surface area contributed by atoms with Crippen LogP contribution in [0.2, 0.25) is 6.32 Å². The van der Waals surface area contributed by atoms with Gasteiger partial charge in [-0.15, -0.1) is 0 Å². The molecule has 1 saturated heterocycles. The molecule has 1 aliphatic heterocycles. The number of rotatable bonds is 1. The maximum Gasteiger partial charge on any atom is 0.329 e. The first-order chi connectivity index (χ1) is 6.92. The van der Waals surface area contributed by atoms with Crippen molar-refractivity contribution < 1.29 is 4.65 Å². The molecular formula is C12H18BNO. The molecule has 1 aromatic heterocycles. The molecule has 0 atom stereocenters. The van der Waals surface area contributed by atoms with Gasteiger partial charge in [0.05, 0.1) is 5.60 Å². The summed E-state index contributed by atoms with van der Waals surface area (Å²) in [4.78, 5) is 4.14. The third-order valence-corrected chi connectivity index (χ3v) is 3.82. The summed E-state index contributed by atoms with van der Waals surface area (Å²) in [5, 5.41) is 0. The molecule has 15 heavy (non-hydrogen) atoms. The van der Waals surface area contributed by atoms with Crippen molar-refractivity contribution in [3.63, 3.8) is 0 Å². The molecule has 0 radical (unpaired) electrons. The van der Waals surface area contributed by atoms with E-state index in [-0.39, 0.29) is 17.9 Å². The first-order valence-electron chi connectivity index (χ1n) is 5.50. The quantitative estimate of drug-likeness (QED) is 0.652. The van der Waals surface area contributed by atoms with Gasteiger partial charge in [-0.2, -0.15) is 0 Å². The van der Waals surface area contributed by atoms with Gasteiger partial charge in [0.25, 0.3) is 0 Å². The van der Waals surface area contributed by atoms with E-state index in [0.29, 0.717) is 0 Å². The van der Waals surface area contributed by atoms with Gasteiger partial charge in [0, 0.05) is 12.4 Å². The molecule has 80 valence electrons. The Morgan fingerprint density at radius 1 is 1.33 bits per heavy atom. The predicted molar refractivity (Wildman–Crippen MR) is 63.4 cm³/mol. The fourth-order valence-electron chi connectivity index (χ4n) is 2.02. The molecule has 0 unspecified atom stereocenters. The molecule has 2 rings (SSSR count). The van der Waals surface area contributed by atoms with Gasteiger partial charge < -0.3 is 4.65 Å². The van der Waals surface area contributed by atoms with Gasteiger partial charge in [0.1, 0.15) is 0 Å². The zero-order chi connectivity index (χ0) is 11.1. The molecule has 0 saturated carbocycles. The summed E-state index contributed by atoms with van der Waals surface area (Å²) in [5.41, 5.74) is 1.34. The van der Waals surface area contributed by atoms with Crippen molar-refractivity contribution in [1.82, 2.24) is 4.98 Å². The second kappa shape index (κ2) is 3.34. The molecule has 0 bridgehead atoms. The Bertz CT molecular complexity index is 332. The van der Waals surface area contributed by atoms with E-state index in [0.717, 1.165) is 6.32 Å². The van der Waals surface area contributed by atoms with E-state index in [9.17, 15) is 0 Å². The van der Waals surface area contributed by atoms with Crippen LogP contribution in [0.5, 0.6) is 0 Å². The van der Waals surface area contributed by atoms with Gasteiger partial charge in [-0.3, -0.25) is 4.98 Å². The lowest BCUT2D eigenvalue weighted by Gasteiger charge is -2.34. The summed E-state index contributed by atoms with van der Waals surface area (Å²) in [6.07, 6.45) is 4.77. The van der Waals surface area contributed by atoms with E-state index in [1.54, 1.807) is 6.20 Å². The van der Waals surface area contributed by atoms with Crippen molar-refractivity contribution >= 4 is 12.4 Å². The summed E-state index contributed by atoms with van der Waals surface area (Å²) < 4.78 is 6.11. The Balaban J connectivity index is 2.24. The van der Waals surface area contributed by atoms with E-state index in [1.165, 1.54) is 5.46 Å². The molecule has 1 fully saturated rings. The van der Waals surface area contributed by atoms with E-state index < -0.39 is 0 Å². The van der Waals surface area contributed by atoms with Crippen LogP contribution in [0.4, 0.5) is 0 Å². The van der Waals surface area contributed by atoms with Gasteiger partial charge in [0.15, 0.2) is 0 Å². The highest BCUT2D eigenvalue weighted by atomic mass is 16.5. The molecule has 0 aliphatic carbocycles. The second-order valence-electron chi connectivity index (χ2n) is 5.49. The number of pyridine rings is 1. The third-order valence-electron chi connectivity index (χ3n) is 3.82. The normalized spacial score (nSPS) is 23.1. The minimum Gasteiger partial charge on any atom is -0.425 e. The largest absolute Gasteiger partial charge is 0.425 e. The zero-order valence-corrected chi connectivity index (χ0v) is 9.95. The average molecular weight is 203 g/mol. The number of hydrogen-bond acceptors (Lipinski definition) is 2. The Morgan fingerprint density at radius 3 is 2.53 bits per heavy atom. The van der Waals surface area contributed by atoms with E-state index in [2.05, 4.69) is 38.7 Å². The highest BCUT2D eigenvalue weighted by Gasteiger charge is 2.49. The molecule has 2 nitrogen and oxygen atoms in total. The minimum absolute atomic E-state index is 0.0620. The molecule has 0 spiro atoms. The van der Waals surface area contributed by atoms with Crippen molar-refractivity contribution in [1.29, 1.82) is 0 Å². The van der Waals surface area contributed by atoms with Crippen LogP contribution in [0.25, 0.3) is 0 Å². The van der Waals surface area contributed by atoms with E-state index in [4.69, 9.17) is 4.65 Å². The minimum atomic E-state index is -0.0620. The molecule has 3 heteroatoms. The first-order valence-corrected chi connectivity index (χ1v) is 5.50. The third kappa shape index (κ3) is 1.81. The van der Waals surface area contributed by atoms with Crippen LogP contribution in [0.3, 0.4) is 0 Å². The van der Waals surface area contributed by atoms with E-state index in [1.807, 2.05) is 12.3 Å². The first kappa shape index (κ1) is 10.7. The molecule has 0 N–H and O–H groups in total. The van der Waals surface area contributed by atoms with Gasteiger partial charge in [-0.1, -0.05) is 19.9 Å². The highest BCUT2D eigenvalue weighted by molar-refractivity contribution is 6.68. The van der Waals surface area contributed by atoms with Crippen LogP contribution < -0.4 is 5.46 Å². The number of aromatic nitrogens is 1. The molecular weight excluding hydrogens is 185 g/mol. The maximum absolute atomic E-state index is 6.11. The molecule has 1 aromatic rings. The zero-order valence-electron chi connectivity index (χ0n) is 9.95. The fraction of sp³-hybridized carbons (Fsp3) is 0.583. The van der Waals surface area contributed by atoms with Crippen molar-refractivity contribution in [3.8, 4) is 0 Å². The lowest BCUT2D eigenvalue weighted by Crippen LogP contribution is -2.36. The van der Waals surface area contributed by atoms with Crippen molar-refractivity contribution in [2.24, 2.45) is 5.41 Å². The molecule has 2 heterocycles. The standard InChI is InChI=1S/C12H18BNO/c1-11(2)9-13(15-12(11,3)4)10-6-5-7-14-8-10/h5-8H,9H2,1-4H3. The Morgan fingerprint density at radius 2 is 2.07 bits per heavy atom. The van der Waals surface area contributed by atoms with Crippen LogP contribution in [0.15, 0.2) is 24.5 Å². The van der Waals surface area contributed by atoms with Crippen LogP contribution in [0.1, 0.15) is 27.7 Å². The lowest BCUT2D eigenvalue weighted by atomic mass is 9.54. The van der Waals surface area contributed by atoms with Crippen molar-refractivity contribution in [2.45, 2.75) is 39.6 Å². The average Bonchev–Trinajstić information content (AvgIpc) is 2.38. The molecule has 1 aliphatic rings. The van der Waals surface area contributed by atoms with Crippen LogP contribution in [-0.2, 0) is 4.65 Å². The Labute approximate surface area is 92.2 Å². The second-order valence-corrected chi connectivity index (χ2v) is 5.49. The van der Waals surface area contributed by atoms with Gasteiger partial charge in [-0.05, 0) is 37.1 Å². The topological polar surface area (TPSA) is 22.1 Å². The monoisotopic (exact) mass is 203 g/mol. The van der Waals surface area contributed by atoms with E-state index >= 15 is 0 Å². The fourth-order valence-corrected chi connectivity index (χ4v) is 2.02. The molecule has 0 amide bonds. The Hall–Kier alpha value is -0.825. The lowest BCUT2D eigenvalue weighted by molar-refractivity contribution is 0.0375. The van der Waals surface area contributed by atoms with Gasteiger partial charge in [-0.25, -0.2) is 0 Å². The van der Waals surface area contributed by atoms with Crippen molar-refractivity contribution in [3.05, 3.63) is 24.5 Å². The van der Waals surface area contributed by atoms with Crippen LogP contribution >= 0.6 is 0 Å². The summed E-state index contributed by atoms with van der Waals surface area (Å²) in [6, 6.07) is 4.06. The van der Waals surface area contributed by atoms with Crippen molar-refractivity contribution in [2.75, 3.05) is 0 Å². The molecule has 0 aromatic carbocycles. The summed E-state index contributed by atoms with van der Waals surface area (Å²) in [7, 11) is 0. The highest BCUT2D eigenvalue weighted by Crippen LogP contribution is 2.44. The predicted octanol–water partition coefficient (Wildman–Crippen LogP) is 2.12. The summed E-state index contributed by atoms with van der Waals surface area (Å²) in [6.45, 7) is 9.07. The number of nitrogens with zero attached hydrogens (tertiary/aromatic N) is 1. The van der Waals surface area contributed by atoms with Crippen LogP contribution in [0, 0.1) is 5.41 Å². The SMILES string of the molecule is CC1(C)CB(c2cccnc2)OC1(C)C.